The average Bonchev–Trinajstić information content (AvgIpc) is 1.70. The van der Waals surface area contributed by atoms with Crippen LogP contribution >= 0.6 is 36.7 Å². The molecule has 0 aromatic carbocycles. The Morgan fingerprint density at radius 2 is 0.700 bits per heavy atom. The van der Waals surface area contributed by atoms with Crippen LogP contribution in [-0.4, -0.2) is 34.0 Å². The summed E-state index contributed by atoms with van der Waals surface area (Å²) < 4.78 is 0. The molecule has 10 heavy (non-hydrogen) atoms. The summed E-state index contributed by atoms with van der Waals surface area (Å²) in [5, 5.41) is 25.9. The molecule has 0 aromatic heterocycles. The van der Waals surface area contributed by atoms with E-state index in [1.807, 2.05) is 0 Å². The van der Waals surface area contributed by atoms with Gasteiger partial charge in [-0.15, -0.1) is 36.7 Å². The van der Waals surface area contributed by atoms with Crippen molar-refractivity contribution in [3.05, 3.63) is 0 Å². The molecule has 3 nitrogen and oxygen atoms in total. The second-order valence-corrected chi connectivity index (χ2v) is 0.866. The van der Waals surface area contributed by atoms with Crippen LogP contribution in [0.4, 0.5) is 0 Å². The van der Waals surface area contributed by atoms with Crippen LogP contribution in [0.25, 0.3) is 0 Å². The molecule has 0 amide bonds. The van der Waals surface area contributed by atoms with Crippen molar-refractivity contribution in [3.63, 3.8) is 0 Å². The minimum Gasteiger partial charge on any atom is -0.870 e. The van der Waals surface area contributed by atoms with Crippen molar-refractivity contribution >= 4 is 70.7 Å². The first-order valence-electron chi connectivity index (χ1n) is 1.41. The van der Waals surface area contributed by atoms with Crippen LogP contribution < -0.4 is 15.3 Å². The molecule has 0 rings (SSSR count). The molecule has 0 bridgehead atoms. The van der Waals surface area contributed by atoms with E-state index in [-0.39, 0.29) is 17.4 Å². The van der Waals surface area contributed by atoms with Crippen molar-refractivity contribution in [1.29, 1.82) is 0 Å². The molecule has 0 atom stereocenters. The second-order valence-electron chi connectivity index (χ2n) is 0.289. The van der Waals surface area contributed by atoms with Gasteiger partial charge in [-0.2, -0.15) is 0 Å². The predicted molar refractivity (Wildman–Crippen MR) is 46.7 cm³/mol. The molecule has 7 heteroatoms. The van der Waals surface area contributed by atoms with E-state index in [0.717, 1.165) is 0 Å². The summed E-state index contributed by atoms with van der Waals surface area (Å²) in [6.07, 6.45) is 0. The van der Waals surface area contributed by atoms with Crippen LogP contribution in [0.15, 0.2) is 0 Å². The van der Waals surface area contributed by atoms with Gasteiger partial charge in [0.15, 0.2) is 0 Å². The number of hydrogen-bond donors (Lipinski definition) is 0. The zero-order valence-electron chi connectivity index (χ0n) is 4.76. The molecule has 0 aliphatic heterocycles. The maximum absolute atomic E-state index is 8.62. The van der Waals surface area contributed by atoms with Gasteiger partial charge in [0.2, 0.25) is 0 Å². The fraction of sp³-hybridized carbons (Fsp3) is 0. The Bertz CT molecular complexity index is 55.7. The van der Waals surface area contributed by atoms with Crippen LogP contribution in [0.5, 0.6) is 0 Å². The smallest absolute Gasteiger partial charge is 0.870 e. The van der Waals surface area contributed by atoms with Crippen molar-refractivity contribution in [2.45, 2.75) is 0 Å². The third-order valence-corrected chi connectivity index (χ3v) is 0. The molecule has 0 aliphatic carbocycles. The Morgan fingerprint density at radius 3 is 0.700 bits per heavy atom. The number of rotatable bonds is 0. The van der Waals surface area contributed by atoms with Gasteiger partial charge in [0.1, 0.15) is 0 Å². The fourth-order valence-corrected chi connectivity index (χ4v) is 0. The van der Waals surface area contributed by atoms with Crippen LogP contribution in [0.1, 0.15) is 0 Å². The summed E-state index contributed by atoms with van der Waals surface area (Å²) in [7, 11) is 0. The van der Waals surface area contributed by atoms with Crippen molar-refractivity contribution in [1.82, 2.24) is 0 Å². The fourth-order valence-electron chi connectivity index (χ4n) is 0. The van der Waals surface area contributed by atoms with E-state index in [1.54, 1.807) is 0 Å². The Hall–Kier alpha value is 0.202. The van der Waals surface area contributed by atoms with Crippen molar-refractivity contribution < 1.29 is 15.3 Å². The molecule has 0 saturated heterocycles. The molecule has 0 aliphatic rings. The van der Waals surface area contributed by atoms with E-state index in [0.29, 0.717) is 16.7 Å². The van der Waals surface area contributed by atoms with Crippen LogP contribution in [0, 0.1) is 0 Å². The van der Waals surface area contributed by atoms with Gasteiger partial charge < -0.3 is 15.3 Å². The Labute approximate surface area is 85.8 Å². The minimum atomic E-state index is 0. The van der Waals surface area contributed by atoms with Gasteiger partial charge in [-0.1, -0.05) is 16.7 Å². The molecular weight excluding hydrogens is 207 g/mol. The quantitative estimate of drug-likeness (QED) is 0.326. The average molecular weight is 210 g/mol. The van der Waals surface area contributed by atoms with Gasteiger partial charge in [-0.25, -0.2) is 0 Å². The summed E-state index contributed by atoms with van der Waals surface area (Å²) in [5.41, 5.74) is 1.00. The summed E-state index contributed by atoms with van der Waals surface area (Å²) in [5.74, 6) is 0. The minimum absolute atomic E-state index is 0. The normalized spacial score (nSPS) is 3.60. The molecule has 54 valence electrons. The summed E-state index contributed by atoms with van der Waals surface area (Å²) in [6.45, 7) is 0. The van der Waals surface area contributed by atoms with E-state index in [4.69, 9.17) is 15.3 Å². The van der Waals surface area contributed by atoms with E-state index < -0.39 is 0 Å². The van der Waals surface area contributed by atoms with Crippen LogP contribution in [0.3, 0.4) is 0 Å². The molecule has 0 fully saturated rings. The van der Waals surface area contributed by atoms with E-state index >= 15 is 0 Å². The summed E-state index contributed by atoms with van der Waals surface area (Å²) in [6, 6.07) is 0. The largest absolute Gasteiger partial charge is 3.00 e. The standard InChI is InChI=1S/3CH2OS.Al/c3*2-1-3;/h3*1H,(H,2,3);/q;;;+3/p-3. The van der Waals surface area contributed by atoms with Gasteiger partial charge in [-0.05, 0) is 0 Å². The molecule has 0 radical (unpaired) electrons. The van der Waals surface area contributed by atoms with Crippen molar-refractivity contribution in [3.8, 4) is 0 Å². The monoisotopic (exact) mass is 210 g/mol. The first-order valence-corrected chi connectivity index (χ1v) is 2.83. The maximum Gasteiger partial charge on any atom is 3.00 e. The molecular formula is C3H3AlO3S3. The van der Waals surface area contributed by atoms with Crippen molar-refractivity contribution in [2.75, 3.05) is 0 Å². The second kappa shape index (κ2) is 60.4. The molecule has 0 N–H and O–H groups in total. The summed E-state index contributed by atoms with van der Waals surface area (Å²) >= 11 is 11.1. The molecule has 0 saturated carbocycles. The van der Waals surface area contributed by atoms with Gasteiger partial charge in [0, 0.05) is 0 Å². The van der Waals surface area contributed by atoms with Gasteiger partial charge in [0.05, 0.1) is 0 Å². The molecule has 0 aromatic rings. The van der Waals surface area contributed by atoms with Crippen LogP contribution in [-0.2, 0) is 0 Å². The van der Waals surface area contributed by atoms with E-state index in [1.165, 1.54) is 0 Å². The van der Waals surface area contributed by atoms with Gasteiger partial charge in [0.25, 0.3) is 0 Å². The van der Waals surface area contributed by atoms with Crippen molar-refractivity contribution in [2.24, 2.45) is 0 Å². The third kappa shape index (κ3) is 10400. The van der Waals surface area contributed by atoms with Gasteiger partial charge in [-0.3, -0.25) is 0 Å². The SMILES string of the molecule is [Al+3].[O-]C=S.[O-]C=S.[O-]C=S. The summed E-state index contributed by atoms with van der Waals surface area (Å²) in [4.78, 5) is 0. The zero-order valence-corrected chi connectivity index (χ0v) is 8.36. The first-order chi connectivity index (χ1) is 4.24. The Kier molecular flexibility index (Phi) is 136. The molecule has 0 unspecified atom stereocenters. The topological polar surface area (TPSA) is 69.2 Å². The molecule has 0 spiro atoms. The zero-order chi connectivity index (χ0) is 8.12. The number of hydrogen-bond acceptors (Lipinski definition) is 6. The first kappa shape index (κ1) is 22.5. The van der Waals surface area contributed by atoms with E-state index in [9.17, 15) is 0 Å². The Morgan fingerprint density at radius 1 is 0.700 bits per heavy atom. The number of thiocarbonyl (C=S) groups is 3. The van der Waals surface area contributed by atoms with Crippen LogP contribution in [0.2, 0.25) is 0 Å². The molecule has 0 heterocycles. The van der Waals surface area contributed by atoms with Gasteiger partial charge >= 0.3 is 17.4 Å². The predicted octanol–water partition coefficient (Wildman–Crippen LogP) is -2.47. The maximum atomic E-state index is 8.62. The Balaban J connectivity index is -0.0000000257. The third-order valence-electron chi connectivity index (χ3n) is 0. The van der Waals surface area contributed by atoms with E-state index in [2.05, 4.69) is 36.7 Å².